The van der Waals surface area contributed by atoms with Gasteiger partial charge in [0, 0.05) is 30.4 Å². The average Bonchev–Trinajstić information content (AvgIpc) is 3.15. The molecule has 0 spiro atoms. The van der Waals surface area contributed by atoms with E-state index in [9.17, 15) is 14.4 Å². The number of rotatable bonds is 8. The van der Waals surface area contributed by atoms with Crippen LogP contribution < -0.4 is 15.7 Å². The highest BCUT2D eigenvalue weighted by atomic mass is 16.5. The highest BCUT2D eigenvalue weighted by Crippen LogP contribution is 2.23. The largest absolute Gasteiger partial charge is 0.493 e. The molecule has 1 N–H and O–H groups in total. The van der Waals surface area contributed by atoms with E-state index in [2.05, 4.69) is 5.32 Å². The topological polar surface area (TPSA) is 94.8 Å². The number of ketones is 1. The van der Waals surface area contributed by atoms with Crippen LogP contribution >= 0.6 is 0 Å². The smallest absolute Gasteiger partial charge is 0.336 e. The van der Waals surface area contributed by atoms with Gasteiger partial charge in [-0.25, -0.2) is 4.79 Å². The zero-order valence-corrected chi connectivity index (χ0v) is 15.3. The number of fused-ring (bicyclic) bond motifs is 1. The molecule has 7 heteroatoms. The highest BCUT2D eigenvalue weighted by molar-refractivity contribution is 5.87. The summed E-state index contributed by atoms with van der Waals surface area (Å²) in [6, 6.07) is 6.34. The van der Waals surface area contributed by atoms with E-state index in [-0.39, 0.29) is 24.2 Å². The Kier molecular flexibility index (Phi) is 6.24. The molecule has 2 aromatic rings. The van der Waals surface area contributed by atoms with Gasteiger partial charge in [-0.3, -0.25) is 9.59 Å². The molecule has 0 radical (unpaired) electrons. The Balaban J connectivity index is 1.53. The number of Topliss-reactive ketones (excluding diaryl/α,β-unsaturated/α-hetero) is 1. The van der Waals surface area contributed by atoms with E-state index >= 15 is 0 Å². The summed E-state index contributed by atoms with van der Waals surface area (Å²) in [5, 5.41) is 3.82. The fraction of sp³-hybridized carbons (Fsp3) is 0.450. The minimum Gasteiger partial charge on any atom is -0.493 e. The average molecular weight is 373 g/mol. The van der Waals surface area contributed by atoms with Crippen molar-refractivity contribution in [1.29, 1.82) is 0 Å². The second kappa shape index (κ2) is 8.81. The maximum Gasteiger partial charge on any atom is 0.336 e. The zero-order chi connectivity index (χ0) is 19.2. The van der Waals surface area contributed by atoms with Gasteiger partial charge < -0.3 is 19.2 Å². The van der Waals surface area contributed by atoms with Crippen molar-refractivity contribution < 1.29 is 23.5 Å². The van der Waals surface area contributed by atoms with E-state index < -0.39 is 5.63 Å². The van der Waals surface area contributed by atoms with Crippen LogP contribution in [-0.4, -0.2) is 37.6 Å². The van der Waals surface area contributed by atoms with Crippen LogP contribution in [0.2, 0.25) is 0 Å². The van der Waals surface area contributed by atoms with Crippen molar-refractivity contribution >= 4 is 22.7 Å². The molecule has 1 saturated heterocycles. The first-order valence-corrected chi connectivity index (χ1v) is 9.12. The third-order valence-electron chi connectivity index (χ3n) is 4.39. The molecule has 144 valence electrons. The number of hydrogen-bond acceptors (Lipinski definition) is 7. The second-order valence-electron chi connectivity index (χ2n) is 6.65. The van der Waals surface area contributed by atoms with E-state index in [1.165, 1.54) is 13.0 Å². The Morgan fingerprint density at radius 1 is 1.26 bits per heavy atom. The number of hydrogen-bond donors (Lipinski definition) is 1. The van der Waals surface area contributed by atoms with Crippen molar-refractivity contribution in [3.63, 3.8) is 0 Å². The minimum absolute atomic E-state index is 0.0235. The van der Waals surface area contributed by atoms with Gasteiger partial charge in [0.15, 0.2) is 0 Å². The molecule has 1 atom stereocenters. The highest BCUT2D eigenvalue weighted by Gasteiger charge is 2.23. The van der Waals surface area contributed by atoms with Crippen molar-refractivity contribution in [1.82, 2.24) is 5.32 Å². The third kappa shape index (κ3) is 5.17. The standard InChI is InChI=1S/C20H23NO6/c1-13(22)10-14-11-19(23)27-18-12-15(5-6-16(14)18)25-8-3-9-26-20(24)17-4-2-7-21-17/h5-6,11-12,17,21H,2-4,7-10H2,1H3. The van der Waals surface area contributed by atoms with Crippen LogP contribution in [0.3, 0.4) is 0 Å². The van der Waals surface area contributed by atoms with Crippen LogP contribution in [0, 0.1) is 0 Å². The van der Waals surface area contributed by atoms with Crippen molar-refractivity contribution in [2.24, 2.45) is 0 Å². The zero-order valence-electron chi connectivity index (χ0n) is 15.3. The van der Waals surface area contributed by atoms with E-state index in [1.807, 2.05) is 0 Å². The second-order valence-corrected chi connectivity index (χ2v) is 6.65. The molecule has 1 aromatic carbocycles. The van der Waals surface area contributed by atoms with Crippen molar-refractivity contribution in [3.8, 4) is 5.75 Å². The fourth-order valence-corrected chi connectivity index (χ4v) is 3.12. The van der Waals surface area contributed by atoms with Gasteiger partial charge in [-0.2, -0.15) is 0 Å². The van der Waals surface area contributed by atoms with Crippen LogP contribution in [0.1, 0.15) is 31.7 Å². The van der Waals surface area contributed by atoms with E-state index in [0.29, 0.717) is 36.5 Å². The molecule has 7 nitrogen and oxygen atoms in total. The van der Waals surface area contributed by atoms with Crippen molar-refractivity contribution in [3.05, 3.63) is 40.2 Å². The molecule has 1 fully saturated rings. The van der Waals surface area contributed by atoms with Gasteiger partial charge >= 0.3 is 11.6 Å². The van der Waals surface area contributed by atoms with Crippen molar-refractivity contribution in [2.45, 2.75) is 38.6 Å². The first-order chi connectivity index (χ1) is 13.0. The van der Waals surface area contributed by atoms with E-state index in [1.54, 1.807) is 18.2 Å². The maximum absolute atomic E-state index is 11.8. The Morgan fingerprint density at radius 3 is 2.85 bits per heavy atom. The Hall–Kier alpha value is -2.67. The Labute approximate surface area is 156 Å². The van der Waals surface area contributed by atoms with Gasteiger partial charge in [0.2, 0.25) is 0 Å². The molecule has 0 amide bonds. The predicted octanol–water partition coefficient (Wildman–Crippen LogP) is 1.99. The summed E-state index contributed by atoms with van der Waals surface area (Å²) in [6.45, 7) is 3.00. The fourth-order valence-electron chi connectivity index (χ4n) is 3.12. The van der Waals surface area contributed by atoms with E-state index in [0.717, 1.165) is 24.8 Å². The number of carbonyl (C=O) groups is 2. The lowest BCUT2D eigenvalue weighted by Crippen LogP contribution is -2.32. The van der Waals surface area contributed by atoms with Gasteiger partial charge in [-0.15, -0.1) is 0 Å². The van der Waals surface area contributed by atoms with Crippen LogP contribution in [0.5, 0.6) is 5.75 Å². The number of ether oxygens (including phenoxy) is 2. The normalized spacial score (nSPS) is 16.4. The summed E-state index contributed by atoms with van der Waals surface area (Å²) in [6.07, 6.45) is 2.56. The summed E-state index contributed by atoms with van der Waals surface area (Å²) in [5.41, 5.74) is 0.533. The van der Waals surface area contributed by atoms with Crippen LogP contribution in [-0.2, 0) is 20.7 Å². The molecule has 2 heterocycles. The van der Waals surface area contributed by atoms with Gasteiger partial charge in [0.05, 0.1) is 13.2 Å². The van der Waals surface area contributed by atoms with Gasteiger partial charge in [-0.1, -0.05) is 0 Å². The monoisotopic (exact) mass is 373 g/mol. The lowest BCUT2D eigenvalue weighted by molar-refractivity contribution is -0.146. The number of nitrogens with one attached hydrogen (secondary N) is 1. The molecular formula is C20H23NO6. The lowest BCUT2D eigenvalue weighted by atomic mass is 10.1. The summed E-state index contributed by atoms with van der Waals surface area (Å²) in [5.74, 6) is 0.317. The number of benzene rings is 1. The molecule has 0 saturated carbocycles. The van der Waals surface area contributed by atoms with Gasteiger partial charge in [-0.05, 0) is 44.0 Å². The summed E-state index contributed by atoms with van der Waals surface area (Å²) < 4.78 is 16.1. The quantitative estimate of drug-likeness (QED) is 0.429. The first-order valence-electron chi connectivity index (χ1n) is 9.12. The maximum atomic E-state index is 11.8. The third-order valence-corrected chi connectivity index (χ3v) is 4.39. The van der Waals surface area contributed by atoms with Crippen LogP contribution in [0.4, 0.5) is 0 Å². The summed E-state index contributed by atoms with van der Waals surface area (Å²) in [4.78, 5) is 34.8. The predicted molar refractivity (Wildman–Crippen MR) is 99.0 cm³/mol. The summed E-state index contributed by atoms with van der Waals surface area (Å²) in [7, 11) is 0. The molecule has 1 aromatic heterocycles. The Morgan fingerprint density at radius 2 is 2.11 bits per heavy atom. The van der Waals surface area contributed by atoms with Crippen molar-refractivity contribution in [2.75, 3.05) is 19.8 Å². The minimum atomic E-state index is -0.497. The number of carbonyl (C=O) groups excluding carboxylic acids is 2. The molecule has 1 aliphatic rings. The van der Waals surface area contributed by atoms with Crippen LogP contribution in [0.15, 0.2) is 33.5 Å². The van der Waals surface area contributed by atoms with E-state index in [4.69, 9.17) is 13.9 Å². The SMILES string of the molecule is CC(=O)Cc1cc(=O)oc2cc(OCCCOC(=O)C3CCCN3)ccc12. The molecule has 3 rings (SSSR count). The molecule has 1 aliphatic heterocycles. The molecule has 0 aliphatic carbocycles. The Bertz CT molecular complexity index is 882. The molecule has 0 bridgehead atoms. The summed E-state index contributed by atoms with van der Waals surface area (Å²) >= 11 is 0. The first kappa shape index (κ1) is 19.1. The van der Waals surface area contributed by atoms with Gasteiger partial charge in [0.1, 0.15) is 23.2 Å². The number of esters is 1. The molecule has 27 heavy (non-hydrogen) atoms. The molecular weight excluding hydrogens is 350 g/mol. The molecule has 1 unspecified atom stereocenters. The van der Waals surface area contributed by atoms with Crippen LogP contribution in [0.25, 0.3) is 11.0 Å². The van der Waals surface area contributed by atoms with Gasteiger partial charge in [0.25, 0.3) is 0 Å². The lowest BCUT2D eigenvalue weighted by Gasteiger charge is -2.11.